The van der Waals surface area contributed by atoms with E-state index in [0.29, 0.717) is 18.1 Å². The van der Waals surface area contributed by atoms with Gasteiger partial charge in [-0.05, 0) is 25.0 Å². The van der Waals surface area contributed by atoms with Gasteiger partial charge in [-0.15, -0.1) is 0 Å². The number of benzene rings is 1. The lowest BCUT2D eigenvalue weighted by atomic mass is 10.2. The van der Waals surface area contributed by atoms with Crippen LogP contribution >= 0.6 is 0 Å². The quantitative estimate of drug-likeness (QED) is 0.868. The van der Waals surface area contributed by atoms with Crippen molar-refractivity contribution < 1.29 is 14.1 Å². The SMILES string of the molecule is CCC(=O)N1CCCC1c1nc(-c2cccc(OC)c2)no1. The summed E-state index contributed by atoms with van der Waals surface area (Å²) in [6.07, 6.45) is 2.33. The van der Waals surface area contributed by atoms with Gasteiger partial charge in [0.1, 0.15) is 11.8 Å². The molecule has 1 aliphatic rings. The fourth-order valence-electron chi connectivity index (χ4n) is 2.78. The largest absolute Gasteiger partial charge is 0.497 e. The van der Waals surface area contributed by atoms with E-state index in [1.807, 2.05) is 36.1 Å². The molecule has 0 saturated carbocycles. The Balaban J connectivity index is 1.85. The smallest absolute Gasteiger partial charge is 0.249 e. The molecule has 6 heteroatoms. The molecule has 1 unspecified atom stereocenters. The van der Waals surface area contributed by atoms with Gasteiger partial charge in [0.25, 0.3) is 0 Å². The average molecular weight is 301 g/mol. The average Bonchev–Trinajstić information content (AvgIpc) is 3.22. The maximum Gasteiger partial charge on any atom is 0.249 e. The molecule has 1 aromatic carbocycles. The third-order valence-electron chi connectivity index (χ3n) is 3.93. The highest BCUT2D eigenvalue weighted by Gasteiger charge is 2.33. The van der Waals surface area contributed by atoms with Crippen LogP contribution in [-0.4, -0.2) is 34.6 Å². The number of nitrogens with zero attached hydrogens (tertiary/aromatic N) is 3. The molecule has 0 spiro atoms. The van der Waals surface area contributed by atoms with Crippen molar-refractivity contribution in [2.45, 2.75) is 32.2 Å². The number of amides is 1. The zero-order valence-corrected chi connectivity index (χ0v) is 12.8. The number of ether oxygens (including phenoxy) is 1. The van der Waals surface area contributed by atoms with Crippen LogP contribution in [0.4, 0.5) is 0 Å². The number of likely N-dealkylation sites (tertiary alicyclic amines) is 1. The Bertz CT molecular complexity index is 668. The highest BCUT2D eigenvalue weighted by molar-refractivity contribution is 5.76. The molecule has 1 amide bonds. The third-order valence-corrected chi connectivity index (χ3v) is 3.93. The summed E-state index contributed by atoms with van der Waals surface area (Å²) in [5, 5.41) is 4.05. The minimum Gasteiger partial charge on any atom is -0.497 e. The van der Waals surface area contributed by atoms with E-state index in [1.165, 1.54) is 0 Å². The number of hydrogen-bond donors (Lipinski definition) is 0. The molecule has 2 aromatic rings. The van der Waals surface area contributed by atoms with Gasteiger partial charge in [-0.2, -0.15) is 4.98 Å². The van der Waals surface area contributed by atoms with E-state index in [-0.39, 0.29) is 11.9 Å². The molecule has 1 saturated heterocycles. The highest BCUT2D eigenvalue weighted by atomic mass is 16.5. The molecule has 116 valence electrons. The molecule has 2 heterocycles. The Morgan fingerprint density at radius 3 is 3.14 bits per heavy atom. The zero-order valence-electron chi connectivity index (χ0n) is 12.8. The summed E-state index contributed by atoms with van der Waals surface area (Å²) in [4.78, 5) is 18.3. The van der Waals surface area contributed by atoms with Gasteiger partial charge in [-0.1, -0.05) is 24.2 Å². The van der Waals surface area contributed by atoms with E-state index in [4.69, 9.17) is 9.26 Å². The van der Waals surface area contributed by atoms with Crippen LogP contribution in [0.5, 0.6) is 5.75 Å². The molecule has 0 aliphatic carbocycles. The normalized spacial score (nSPS) is 17.7. The first-order valence-electron chi connectivity index (χ1n) is 7.50. The summed E-state index contributed by atoms with van der Waals surface area (Å²) in [5.41, 5.74) is 0.834. The lowest BCUT2D eigenvalue weighted by Crippen LogP contribution is -2.29. The summed E-state index contributed by atoms with van der Waals surface area (Å²) in [6.45, 7) is 2.63. The summed E-state index contributed by atoms with van der Waals surface area (Å²) >= 11 is 0. The van der Waals surface area contributed by atoms with E-state index in [1.54, 1.807) is 7.11 Å². The van der Waals surface area contributed by atoms with Crippen molar-refractivity contribution in [1.82, 2.24) is 15.0 Å². The highest BCUT2D eigenvalue weighted by Crippen LogP contribution is 2.32. The molecule has 0 radical (unpaired) electrons. The number of hydrogen-bond acceptors (Lipinski definition) is 5. The van der Waals surface area contributed by atoms with Crippen molar-refractivity contribution in [3.63, 3.8) is 0 Å². The topological polar surface area (TPSA) is 68.5 Å². The van der Waals surface area contributed by atoms with Gasteiger partial charge < -0.3 is 14.2 Å². The van der Waals surface area contributed by atoms with Crippen LogP contribution in [0.25, 0.3) is 11.4 Å². The number of carbonyl (C=O) groups excluding carboxylic acids is 1. The summed E-state index contributed by atoms with van der Waals surface area (Å²) in [7, 11) is 1.62. The number of rotatable bonds is 4. The van der Waals surface area contributed by atoms with E-state index in [9.17, 15) is 4.79 Å². The molecule has 1 aliphatic heterocycles. The summed E-state index contributed by atoms with van der Waals surface area (Å²) in [6, 6.07) is 7.41. The second-order valence-corrected chi connectivity index (χ2v) is 5.29. The van der Waals surface area contributed by atoms with E-state index in [2.05, 4.69) is 10.1 Å². The summed E-state index contributed by atoms with van der Waals surface area (Å²) < 4.78 is 10.6. The van der Waals surface area contributed by atoms with E-state index >= 15 is 0 Å². The Morgan fingerprint density at radius 2 is 2.36 bits per heavy atom. The fraction of sp³-hybridized carbons (Fsp3) is 0.438. The monoisotopic (exact) mass is 301 g/mol. The Hall–Kier alpha value is -2.37. The first-order chi connectivity index (χ1) is 10.7. The number of methoxy groups -OCH3 is 1. The van der Waals surface area contributed by atoms with Crippen LogP contribution in [-0.2, 0) is 4.79 Å². The predicted octanol–water partition coefficient (Wildman–Crippen LogP) is 2.82. The standard InChI is InChI=1S/C16H19N3O3/c1-3-14(20)19-9-5-8-13(19)16-17-15(18-22-16)11-6-4-7-12(10-11)21-2/h4,6-7,10,13H,3,5,8-9H2,1-2H3. The number of carbonyl (C=O) groups is 1. The molecule has 1 fully saturated rings. The maximum absolute atomic E-state index is 12.0. The van der Waals surface area contributed by atoms with Gasteiger partial charge in [0.15, 0.2) is 0 Å². The van der Waals surface area contributed by atoms with Crippen molar-refractivity contribution in [1.29, 1.82) is 0 Å². The van der Waals surface area contributed by atoms with Gasteiger partial charge >= 0.3 is 0 Å². The van der Waals surface area contributed by atoms with Gasteiger partial charge in [0, 0.05) is 18.5 Å². The first kappa shape index (κ1) is 14.6. The molecular weight excluding hydrogens is 282 g/mol. The number of aromatic nitrogens is 2. The van der Waals surface area contributed by atoms with Crippen molar-refractivity contribution in [2.75, 3.05) is 13.7 Å². The van der Waals surface area contributed by atoms with Crippen molar-refractivity contribution in [2.24, 2.45) is 0 Å². The van der Waals surface area contributed by atoms with Gasteiger partial charge in [-0.25, -0.2) is 0 Å². The van der Waals surface area contributed by atoms with Crippen LogP contribution in [0.1, 0.15) is 38.1 Å². The maximum atomic E-state index is 12.0. The Kier molecular flexibility index (Phi) is 4.09. The lowest BCUT2D eigenvalue weighted by molar-refractivity contribution is -0.132. The molecule has 1 aromatic heterocycles. The minimum absolute atomic E-state index is 0.0979. The van der Waals surface area contributed by atoms with Crippen molar-refractivity contribution >= 4 is 5.91 Å². The lowest BCUT2D eigenvalue weighted by Gasteiger charge is -2.20. The first-order valence-corrected chi connectivity index (χ1v) is 7.50. The predicted molar refractivity (Wildman–Crippen MR) is 80.3 cm³/mol. The Labute approximate surface area is 129 Å². The van der Waals surface area contributed by atoms with Crippen LogP contribution in [0.15, 0.2) is 28.8 Å². The second kappa shape index (κ2) is 6.17. The minimum atomic E-state index is -0.0979. The molecule has 0 N–H and O–H groups in total. The molecule has 3 rings (SSSR count). The molecule has 6 nitrogen and oxygen atoms in total. The van der Waals surface area contributed by atoms with Crippen LogP contribution < -0.4 is 4.74 Å². The van der Waals surface area contributed by atoms with Crippen molar-refractivity contribution in [3.05, 3.63) is 30.2 Å². The van der Waals surface area contributed by atoms with Gasteiger partial charge in [-0.3, -0.25) is 4.79 Å². The molecule has 22 heavy (non-hydrogen) atoms. The van der Waals surface area contributed by atoms with Gasteiger partial charge in [0.05, 0.1) is 7.11 Å². The molecular formula is C16H19N3O3. The second-order valence-electron chi connectivity index (χ2n) is 5.29. The van der Waals surface area contributed by atoms with Crippen molar-refractivity contribution in [3.8, 4) is 17.1 Å². The van der Waals surface area contributed by atoms with E-state index < -0.39 is 0 Å². The Morgan fingerprint density at radius 1 is 1.50 bits per heavy atom. The van der Waals surface area contributed by atoms with Crippen LogP contribution in [0, 0.1) is 0 Å². The molecule has 1 atom stereocenters. The van der Waals surface area contributed by atoms with Crippen LogP contribution in [0.3, 0.4) is 0 Å². The summed E-state index contributed by atoms with van der Waals surface area (Å²) in [5.74, 6) is 1.90. The zero-order chi connectivity index (χ0) is 15.5. The van der Waals surface area contributed by atoms with E-state index in [0.717, 1.165) is 30.7 Å². The van der Waals surface area contributed by atoms with Crippen LogP contribution in [0.2, 0.25) is 0 Å². The van der Waals surface area contributed by atoms with Gasteiger partial charge in [0.2, 0.25) is 17.6 Å². The fourth-order valence-corrected chi connectivity index (χ4v) is 2.78. The third kappa shape index (κ3) is 2.68. The molecule has 0 bridgehead atoms.